The Morgan fingerprint density at radius 3 is 2.61 bits per heavy atom. The molecule has 154 valence electrons. The van der Waals surface area contributed by atoms with E-state index in [0.29, 0.717) is 44.2 Å². The van der Waals surface area contributed by atoms with Gasteiger partial charge in [-0.05, 0) is 42.0 Å². The molecule has 2 aromatic carbocycles. The lowest BCUT2D eigenvalue weighted by Crippen LogP contribution is -2.48. The normalized spacial score (nSPS) is 17.7. The molecule has 1 saturated heterocycles. The lowest BCUT2D eigenvalue weighted by Gasteiger charge is -2.35. The topological polar surface area (TPSA) is 67.9 Å². The maximum atomic E-state index is 13.6. The number of hydrogen-bond acceptors (Lipinski definition) is 5. The van der Waals surface area contributed by atoms with Crippen LogP contribution in [0.5, 0.6) is 5.75 Å². The van der Waals surface area contributed by atoms with Crippen LogP contribution in [0.3, 0.4) is 0 Å². The third-order valence-corrected chi connectivity index (χ3v) is 6.34. The third-order valence-electron chi connectivity index (χ3n) is 4.41. The molecule has 1 N–H and O–H groups in total. The van der Waals surface area contributed by atoms with E-state index < -0.39 is 16.1 Å². The first-order valence-electron chi connectivity index (χ1n) is 8.72. The number of nitrogens with zero attached hydrogens (tertiary/aromatic N) is 1. The van der Waals surface area contributed by atoms with Gasteiger partial charge in [0.2, 0.25) is 10.0 Å². The third kappa shape index (κ3) is 5.21. The van der Waals surface area contributed by atoms with Gasteiger partial charge in [0.05, 0.1) is 17.5 Å². The Kier molecular flexibility index (Phi) is 8.21. The molecule has 1 fully saturated rings. The molecule has 1 atom stereocenters. The van der Waals surface area contributed by atoms with Crippen LogP contribution in [0.15, 0.2) is 53.4 Å². The number of halogens is 2. The predicted molar refractivity (Wildman–Crippen MR) is 107 cm³/mol. The van der Waals surface area contributed by atoms with Gasteiger partial charge in [0, 0.05) is 26.7 Å². The number of methoxy groups -OCH3 is 1. The Morgan fingerprint density at radius 2 is 1.93 bits per heavy atom. The highest BCUT2D eigenvalue weighted by atomic mass is 35.5. The van der Waals surface area contributed by atoms with Crippen molar-refractivity contribution in [2.75, 3.05) is 40.0 Å². The Bertz CT molecular complexity index is 864. The second-order valence-corrected chi connectivity index (χ2v) is 8.09. The van der Waals surface area contributed by atoms with Gasteiger partial charge in [-0.2, -0.15) is 4.31 Å². The summed E-state index contributed by atoms with van der Waals surface area (Å²) in [7, 11) is -2.14. The highest BCUT2D eigenvalue weighted by molar-refractivity contribution is 7.89. The van der Waals surface area contributed by atoms with Gasteiger partial charge in [-0.25, -0.2) is 12.8 Å². The van der Waals surface area contributed by atoms with Gasteiger partial charge in [-0.1, -0.05) is 12.1 Å². The van der Waals surface area contributed by atoms with Crippen LogP contribution in [0.4, 0.5) is 4.39 Å². The quantitative estimate of drug-likeness (QED) is 0.684. The van der Waals surface area contributed by atoms with Crippen molar-refractivity contribution >= 4 is 22.4 Å². The smallest absolute Gasteiger partial charge is 0.243 e. The Balaban J connectivity index is 0.00000280. The van der Waals surface area contributed by atoms with Gasteiger partial charge in [-0.15, -0.1) is 12.4 Å². The van der Waals surface area contributed by atoms with E-state index in [-0.39, 0.29) is 23.1 Å². The molecule has 0 saturated carbocycles. The maximum absolute atomic E-state index is 13.6. The molecule has 0 aromatic heterocycles. The summed E-state index contributed by atoms with van der Waals surface area (Å²) in [4.78, 5) is 0.185. The van der Waals surface area contributed by atoms with Crippen molar-refractivity contribution in [3.63, 3.8) is 0 Å². The first-order valence-corrected chi connectivity index (χ1v) is 10.2. The average molecular weight is 431 g/mol. The minimum absolute atomic E-state index is 0. The van der Waals surface area contributed by atoms with E-state index in [9.17, 15) is 12.8 Å². The minimum atomic E-state index is -3.72. The molecule has 2 aromatic rings. The van der Waals surface area contributed by atoms with Crippen molar-refractivity contribution in [1.29, 1.82) is 0 Å². The van der Waals surface area contributed by atoms with Crippen molar-refractivity contribution in [2.45, 2.75) is 10.9 Å². The zero-order valence-corrected chi connectivity index (χ0v) is 17.1. The van der Waals surface area contributed by atoms with Crippen LogP contribution in [0, 0.1) is 5.82 Å². The van der Waals surface area contributed by atoms with Crippen LogP contribution in [0.2, 0.25) is 0 Å². The second kappa shape index (κ2) is 10.2. The van der Waals surface area contributed by atoms with Crippen LogP contribution in [-0.2, 0) is 14.8 Å². The largest absolute Gasteiger partial charge is 0.491 e. The van der Waals surface area contributed by atoms with Gasteiger partial charge in [-0.3, -0.25) is 0 Å². The Morgan fingerprint density at radius 1 is 1.18 bits per heavy atom. The van der Waals surface area contributed by atoms with E-state index >= 15 is 0 Å². The van der Waals surface area contributed by atoms with Crippen molar-refractivity contribution in [2.24, 2.45) is 0 Å². The number of piperazine rings is 1. The molecule has 0 amide bonds. The summed E-state index contributed by atoms with van der Waals surface area (Å²) < 4.78 is 51.8. The summed E-state index contributed by atoms with van der Waals surface area (Å²) in [5.41, 5.74) is 0.630. The van der Waals surface area contributed by atoms with E-state index in [1.54, 1.807) is 31.4 Å². The Labute approximate surface area is 171 Å². The van der Waals surface area contributed by atoms with Crippen LogP contribution < -0.4 is 10.1 Å². The molecule has 9 heteroatoms. The maximum Gasteiger partial charge on any atom is 0.243 e. The summed E-state index contributed by atoms with van der Waals surface area (Å²) in [6, 6.07) is 11.9. The fraction of sp³-hybridized carbons (Fsp3) is 0.368. The second-order valence-electron chi connectivity index (χ2n) is 6.20. The zero-order valence-electron chi connectivity index (χ0n) is 15.5. The van der Waals surface area contributed by atoms with Crippen LogP contribution >= 0.6 is 12.4 Å². The van der Waals surface area contributed by atoms with E-state index in [1.807, 2.05) is 0 Å². The van der Waals surface area contributed by atoms with Crippen molar-refractivity contribution in [1.82, 2.24) is 9.62 Å². The highest BCUT2D eigenvalue weighted by Gasteiger charge is 2.34. The molecule has 3 rings (SSSR count). The zero-order chi connectivity index (χ0) is 19.3. The summed E-state index contributed by atoms with van der Waals surface area (Å²) >= 11 is 0. The predicted octanol–water partition coefficient (Wildman–Crippen LogP) is 2.61. The molecular weight excluding hydrogens is 407 g/mol. The van der Waals surface area contributed by atoms with Gasteiger partial charge in [0.15, 0.2) is 0 Å². The number of nitrogens with one attached hydrogen (secondary N) is 1. The SMILES string of the molecule is COCCOc1ccc(S(=O)(=O)N2CCNCC2c2cccc(F)c2)cc1.Cl. The molecule has 0 spiro atoms. The van der Waals surface area contributed by atoms with Gasteiger partial charge < -0.3 is 14.8 Å². The summed E-state index contributed by atoms with van der Waals surface area (Å²) in [6.45, 7) is 2.14. The van der Waals surface area contributed by atoms with E-state index in [4.69, 9.17) is 9.47 Å². The summed E-state index contributed by atoms with van der Waals surface area (Å²) in [6.07, 6.45) is 0. The lowest BCUT2D eigenvalue weighted by atomic mass is 10.1. The molecule has 1 heterocycles. The fourth-order valence-corrected chi connectivity index (χ4v) is 4.67. The molecule has 0 radical (unpaired) electrons. The monoisotopic (exact) mass is 430 g/mol. The van der Waals surface area contributed by atoms with Gasteiger partial charge in [0.25, 0.3) is 0 Å². The molecular formula is C19H24ClFN2O4S. The minimum Gasteiger partial charge on any atom is -0.491 e. The number of sulfonamides is 1. The summed E-state index contributed by atoms with van der Waals surface area (Å²) in [5.74, 6) is 0.195. The van der Waals surface area contributed by atoms with Gasteiger partial charge >= 0.3 is 0 Å². The number of benzene rings is 2. The highest BCUT2D eigenvalue weighted by Crippen LogP contribution is 2.30. The van der Waals surface area contributed by atoms with Crippen LogP contribution in [0.1, 0.15) is 11.6 Å². The number of hydrogen-bond donors (Lipinski definition) is 1. The first-order chi connectivity index (χ1) is 13.0. The average Bonchev–Trinajstić information content (AvgIpc) is 2.69. The van der Waals surface area contributed by atoms with E-state index in [0.717, 1.165) is 0 Å². The van der Waals surface area contributed by atoms with Crippen molar-refractivity contribution in [3.05, 3.63) is 59.9 Å². The molecule has 0 bridgehead atoms. The van der Waals surface area contributed by atoms with E-state index in [2.05, 4.69) is 5.32 Å². The van der Waals surface area contributed by atoms with Crippen molar-refractivity contribution < 1.29 is 22.3 Å². The number of ether oxygens (including phenoxy) is 2. The lowest BCUT2D eigenvalue weighted by molar-refractivity contribution is 0.146. The number of rotatable bonds is 7. The van der Waals surface area contributed by atoms with Crippen LogP contribution in [0.25, 0.3) is 0 Å². The molecule has 6 nitrogen and oxygen atoms in total. The van der Waals surface area contributed by atoms with E-state index in [1.165, 1.54) is 28.6 Å². The standard InChI is InChI=1S/C19H23FN2O4S.ClH/c1-25-11-12-26-17-5-7-18(8-6-17)27(23,24)22-10-9-21-14-19(22)15-3-2-4-16(20)13-15;/h2-8,13,19,21H,9-12,14H2,1H3;1H. The Hall–Kier alpha value is -1.71. The van der Waals surface area contributed by atoms with Crippen LogP contribution in [-0.4, -0.2) is 52.7 Å². The first kappa shape index (κ1) is 22.6. The molecule has 0 aliphatic carbocycles. The van der Waals surface area contributed by atoms with Crippen molar-refractivity contribution in [3.8, 4) is 5.75 Å². The molecule has 28 heavy (non-hydrogen) atoms. The van der Waals surface area contributed by atoms with Gasteiger partial charge in [0.1, 0.15) is 18.2 Å². The summed E-state index contributed by atoms with van der Waals surface area (Å²) in [5, 5.41) is 3.18. The molecule has 1 aliphatic rings. The molecule has 1 unspecified atom stereocenters. The molecule has 1 aliphatic heterocycles. The fourth-order valence-electron chi connectivity index (χ4n) is 3.06.